The monoisotopic (exact) mass is 332 g/mol. The summed E-state index contributed by atoms with van der Waals surface area (Å²) < 4.78 is 5.13. The van der Waals surface area contributed by atoms with Crippen LogP contribution >= 0.6 is 0 Å². The number of rotatable bonds is 4. The highest BCUT2D eigenvalue weighted by Gasteiger charge is 2.34. The summed E-state index contributed by atoms with van der Waals surface area (Å²) in [6, 6.07) is 0. The van der Waals surface area contributed by atoms with Crippen molar-refractivity contribution in [2.45, 2.75) is 45.7 Å². The first-order valence-electron chi connectivity index (χ1n) is 8.74. The number of nitrogens with zero attached hydrogens (tertiary/aromatic N) is 4. The number of carbonyl (C=O) groups excluding carboxylic acids is 1. The Morgan fingerprint density at radius 2 is 2.17 bits per heavy atom. The summed E-state index contributed by atoms with van der Waals surface area (Å²) in [4.78, 5) is 26.3. The van der Waals surface area contributed by atoms with Crippen LogP contribution in [0.5, 0.6) is 0 Å². The maximum atomic E-state index is 12.8. The predicted molar refractivity (Wildman–Crippen MR) is 91.4 cm³/mol. The highest BCUT2D eigenvalue weighted by molar-refractivity contribution is 5.80. The van der Waals surface area contributed by atoms with E-state index < -0.39 is 0 Å². The zero-order valence-electron chi connectivity index (χ0n) is 15.2. The molecule has 132 valence electrons. The lowest BCUT2D eigenvalue weighted by atomic mass is 9.95. The second kappa shape index (κ2) is 6.76. The molecule has 1 aromatic rings. The number of methoxy groups -OCH3 is 1. The SMILES string of the molecule is COCCN1CC[C@H](C(=O)N2Cc3cnc(C(C)(C)C)nc3C2)C1. The molecule has 1 amide bonds. The zero-order chi connectivity index (χ0) is 17.3. The average Bonchev–Trinajstić information content (AvgIpc) is 3.17. The summed E-state index contributed by atoms with van der Waals surface area (Å²) in [6.07, 6.45) is 2.84. The van der Waals surface area contributed by atoms with Crippen LogP contribution in [0.1, 0.15) is 44.3 Å². The molecule has 0 aromatic carbocycles. The van der Waals surface area contributed by atoms with Crippen LogP contribution in [0.3, 0.4) is 0 Å². The minimum atomic E-state index is -0.0697. The molecule has 1 saturated heterocycles. The van der Waals surface area contributed by atoms with Crippen molar-refractivity contribution in [1.82, 2.24) is 19.8 Å². The summed E-state index contributed by atoms with van der Waals surface area (Å²) in [5, 5.41) is 0. The van der Waals surface area contributed by atoms with Crippen molar-refractivity contribution < 1.29 is 9.53 Å². The maximum absolute atomic E-state index is 12.8. The molecule has 1 atom stereocenters. The molecule has 0 unspecified atom stereocenters. The minimum absolute atomic E-state index is 0.0697. The van der Waals surface area contributed by atoms with Crippen LogP contribution in [0, 0.1) is 5.92 Å². The number of aromatic nitrogens is 2. The maximum Gasteiger partial charge on any atom is 0.227 e. The zero-order valence-corrected chi connectivity index (χ0v) is 15.2. The fraction of sp³-hybridized carbons (Fsp3) is 0.722. The first kappa shape index (κ1) is 17.3. The number of carbonyl (C=O) groups is 1. The molecule has 1 fully saturated rings. The molecule has 0 spiro atoms. The van der Waals surface area contributed by atoms with Crippen molar-refractivity contribution in [1.29, 1.82) is 0 Å². The molecule has 0 saturated carbocycles. The van der Waals surface area contributed by atoms with Crippen LogP contribution in [-0.4, -0.2) is 59.0 Å². The van der Waals surface area contributed by atoms with Gasteiger partial charge in [-0.25, -0.2) is 9.97 Å². The van der Waals surface area contributed by atoms with E-state index in [0.717, 1.165) is 49.7 Å². The van der Waals surface area contributed by atoms with E-state index in [4.69, 9.17) is 9.72 Å². The molecule has 0 aliphatic carbocycles. The lowest BCUT2D eigenvalue weighted by Gasteiger charge is -2.20. The smallest absolute Gasteiger partial charge is 0.227 e. The van der Waals surface area contributed by atoms with Gasteiger partial charge < -0.3 is 14.5 Å². The molecule has 6 nitrogen and oxygen atoms in total. The van der Waals surface area contributed by atoms with E-state index in [9.17, 15) is 4.79 Å². The number of amides is 1. The Kier molecular flexibility index (Phi) is 4.88. The Balaban J connectivity index is 1.62. The van der Waals surface area contributed by atoms with E-state index in [-0.39, 0.29) is 17.2 Å². The number of fused-ring (bicyclic) bond motifs is 1. The molecule has 3 rings (SSSR count). The standard InChI is InChI=1S/C18H28N4O2/c1-18(2,3)17-19-9-14-11-22(12-15(14)20-17)16(23)13-5-6-21(10-13)7-8-24-4/h9,13H,5-8,10-12H2,1-4H3/t13-/m0/s1. The fourth-order valence-corrected chi connectivity index (χ4v) is 3.39. The van der Waals surface area contributed by atoms with E-state index in [2.05, 4.69) is 30.7 Å². The van der Waals surface area contributed by atoms with Gasteiger partial charge in [0.2, 0.25) is 5.91 Å². The Bertz CT molecular complexity index is 612. The van der Waals surface area contributed by atoms with E-state index in [1.165, 1.54) is 0 Å². The van der Waals surface area contributed by atoms with Gasteiger partial charge in [0.15, 0.2) is 0 Å². The lowest BCUT2D eigenvalue weighted by Crippen LogP contribution is -2.34. The third-order valence-electron chi connectivity index (χ3n) is 4.87. The van der Waals surface area contributed by atoms with Gasteiger partial charge >= 0.3 is 0 Å². The lowest BCUT2D eigenvalue weighted by molar-refractivity contribution is -0.135. The molecule has 3 heterocycles. The number of hydrogen-bond acceptors (Lipinski definition) is 5. The number of likely N-dealkylation sites (tertiary alicyclic amines) is 1. The van der Waals surface area contributed by atoms with Gasteiger partial charge in [-0.2, -0.15) is 0 Å². The first-order chi connectivity index (χ1) is 11.4. The summed E-state index contributed by atoms with van der Waals surface area (Å²) in [6.45, 7) is 11.0. The van der Waals surface area contributed by atoms with Crippen molar-refractivity contribution in [3.05, 3.63) is 23.3 Å². The van der Waals surface area contributed by atoms with Crippen LogP contribution in [0.15, 0.2) is 6.20 Å². The predicted octanol–water partition coefficient (Wildman–Crippen LogP) is 1.58. The highest BCUT2D eigenvalue weighted by atomic mass is 16.5. The van der Waals surface area contributed by atoms with Crippen molar-refractivity contribution >= 4 is 5.91 Å². The third kappa shape index (κ3) is 3.59. The van der Waals surface area contributed by atoms with Crippen LogP contribution in [0.2, 0.25) is 0 Å². The molecule has 0 radical (unpaired) electrons. The molecular weight excluding hydrogens is 304 g/mol. The Hall–Kier alpha value is -1.53. The Labute approximate surface area is 144 Å². The second-order valence-electron chi connectivity index (χ2n) is 7.89. The molecule has 6 heteroatoms. The van der Waals surface area contributed by atoms with Crippen LogP contribution in [-0.2, 0) is 28.0 Å². The van der Waals surface area contributed by atoms with Gasteiger partial charge in [-0.05, 0) is 13.0 Å². The third-order valence-corrected chi connectivity index (χ3v) is 4.87. The molecular formula is C18H28N4O2. The average molecular weight is 332 g/mol. The van der Waals surface area contributed by atoms with Crippen molar-refractivity contribution in [2.24, 2.45) is 5.92 Å². The second-order valence-corrected chi connectivity index (χ2v) is 7.89. The number of hydrogen-bond donors (Lipinski definition) is 0. The van der Waals surface area contributed by atoms with Gasteiger partial charge in [0.05, 0.1) is 24.8 Å². The summed E-state index contributed by atoms with van der Waals surface area (Å²) in [5.74, 6) is 1.21. The summed E-state index contributed by atoms with van der Waals surface area (Å²) in [7, 11) is 1.72. The molecule has 24 heavy (non-hydrogen) atoms. The fourth-order valence-electron chi connectivity index (χ4n) is 3.39. The van der Waals surface area contributed by atoms with Gasteiger partial charge in [0, 0.05) is 43.9 Å². The van der Waals surface area contributed by atoms with E-state index in [1.54, 1.807) is 7.11 Å². The van der Waals surface area contributed by atoms with E-state index in [0.29, 0.717) is 13.1 Å². The van der Waals surface area contributed by atoms with Gasteiger partial charge in [-0.15, -0.1) is 0 Å². The van der Waals surface area contributed by atoms with Gasteiger partial charge in [0.1, 0.15) is 5.82 Å². The van der Waals surface area contributed by atoms with Crippen molar-refractivity contribution in [3.63, 3.8) is 0 Å². The van der Waals surface area contributed by atoms with Gasteiger partial charge in [0.25, 0.3) is 0 Å². The van der Waals surface area contributed by atoms with Crippen LogP contribution in [0.4, 0.5) is 0 Å². The Morgan fingerprint density at radius 1 is 1.38 bits per heavy atom. The van der Waals surface area contributed by atoms with Gasteiger partial charge in [-0.3, -0.25) is 4.79 Å². The van der Waals surface area contributed by atoms with Gasteiger partial charge in [-0.1, -0.05) is 20.8 Å². The molecule has 1 aromatic heterocycles. The molecule has 2 aliphatic rings. The van der Waals surface area contributed by atoms with Crippen molar-refractivity contribution in [3.8, 4) is 0 Å². The molecule has 0 bridgehead atoms. The van der Waals surface area contributed by atoms with E-state index >= 15 is 0 Å². The largest absolute Gasteiger partial charge is 0.383 e. The van der Waals surface area contributed by atoms with Crippen molar-refractivity contribution in [2.75, 3.05) is 33.4 Å². The normalized spacial score (nSPS) is 21.3. The topological polar surface area (TPSA) is 58.6 Å². The first-order valence-corrected chi connectivity index (χ1v) is 8.74. The van der Waals surface area contributed by atoms with Crippen LogP contribution in [0.25, 0.3) is 0 Å². The van der Waals surface area contributed by atoms with Crippen LogP contribution < -0.4 is 0 Å². The minimum Gasteiger partial charge on any atom is -0.383 e. The quantitative estimate of drug-likeness (QED) is 0.838. The van der Waals surface area contributed by atoms with E-state index in [1.807, 2.05) is 11.1 Å². The summed E-state index contributed by atoms with van der Waals surface area (Å²) >= 11 is 0. The Morgan fingerprint density at radius 3 is 2.88 bits per heavy atom. The molecule has 0 N–H and O–H groups in total. The highest BCUT2D eigenvalue weighted by Crippen LogP contribution is 2.27. The molecule has 2 aliphatic heterocycles. The summed E-state index contributed by atoms with van der Waals surface area (Å²) in [5.41, 5.74) is 2.03. The number of ether oxygens (including phenoxy) is 1.